The van der Waals surface area contributed by atoms with E-state index in [4.69, 9.17) is 4.74 Å². The quantitative estimate of drug-likeness (QED) is 0.757. The van der Waals surface area contributed by atoms with Crippen LogP contribution in [-0.4, -0.2) is 27.2 Å². The molecule has 0 aliphatic carbocycles. The Hall–Kier alpha value is -0.740. The van der Waals surface area contributed by atoms with Crippen LogP contribution < -0.4 is 15.4 Å². The average molecular weight is 287 g/mol. The molecule has 0 fully saturated rings. The molecule has 2 N–H and O–H groups in total. The molecular weight excluding hydrogens is 268 g/mol. The highest BCUT2D eigenvalue weighted by molar-refractivity contribution is 9.10. The summed E-state index contributed by atoms with van der Waals surface area (Å²) in [4.78, 5) is 0. The van der Waals surface area contributed by atoms with Gasteiger partial charge in [-0.25, -0.2) is 0 Å². The Morgan fingerprint density at radius 3 is 2.69 bits per heavy atom. The van der Waals surface area contributed by atoms with Crippen molar-refractivity contribution in [2.45, 2.75) is 12.8 Å². The highest BCUT2D eigenvalue weighted by atomic mass is 79.9. The second-order valence-corrected chi connectivity index (χ2v) is 4.50. The lowest BCUT2D eigenvalue weighted by Gasteiger charge is -2.11. The molecule has 1 aromatic carbocycles. The van der Waals surface area contributed by atoms with E-state index < -0.39 is 0 Å². The first-order chi connectivity index (χ1) is 7.77. The van der Waals surface area contributed by atoms with Gasteiger partial charge in [-0.2, -0.15) is 0 Å². The summed E-state index contributed by atoms with van der Waals surface area (Å²) in [6.07, 6.45) is 2.33. The topological polar surface area (TPSA) is 33.3 Å². The average Bonchev–Trinajstić information content (AvgIpc) is 2.29. The SMILES string of the molecule is CNCCCCNc1cc(Br)ccc1OC. The van der Waals surface area contributed by atoms with Crippen molar-refractivity contribution >= 4 is 21.6 Å². The molecule has 0 bridgehead atoms. The smallest absolute Gasteiger partial charge is 0.142 e. The Morgan fingerprint density at radius 1 is 1.25 bits per heavy atom. The van der Waals surface area contributed by atoms with Gasteiger partial charge in [0.1, 0.15) is 5.75 Å². The van der Waals surface area contributed by atoms with Crippen LogP contribution in [0.2, 0.25) is 0 Å². The van der Waals surface area contributed by atoms with Gasteiger partial charge in [-0.3, -0.25) is 0 Å². The molecule has 90 valence electrons. The summed E-state index contributed by atoms with van der Waals surface area (Å²) < 4.78 is 6.34. The maximum Gasteiger partial charge on any atom is 0.142 e. The number of anilines is 1. The molecule has 16 heavy (non-hydrogen) atoms. The van der Waals surface area contributed by atoms with E-state index in [-0.39, 0.29) is 0 Å². The van der Waals surface area contributed by atoms with E-state index in [9.17, 15) is 0 Å². The summed E-state index contributed by atoms with van der Waals surface area (Å²) in [5.74, 6) is 0.886. The number of unbranched alkanes of at least 4 members (excludes halogenated alkanes) is 1. The summed E-state index contributed by atoms with van der Waals surface area (Å²) in [5.41, 5.74) is 1.04. The zero-order valence-corrected chi connectivity index (χ0v) is 11.4. The fourth-order valence-corrected chi connectivity index (χ4v) is 1.83. The number of benzene rings is 1. The van der Waals surface area contributed by atoms with Gasteiger partial charge in [-0.1, -0.05) is 15.9 Å². The fourth-order valence-electron chi connectivity index (χ4n) is 1.47. The molecule has 1 aromatic rings. The van der Waals surface area contributed by atoms with Crippen LogP contribution in [0.25, 0.3) is 0 Å². The molecule has 0 spiro atoms. The molecule has 0 amide bonds. The van der Waals surface area contributed by atoms with Gasteiger partial charge in [0.25, 0.3) is 0 Å². The molecule has 0 aliphatic heterocycles. The summed E-state index contributed by atoms with van der Waals surface area (Å²) in [6, 6.07) is 5.97. The van der Waals surface area contributed by atoms with Gasteiger partial charge in [-0.15, -0.1) is 0 Å². The Morgan fingerprint density at radius 2 is 2.00 bits per heavy atom. The van der Waals surface area contributed by atoms with Crippen molar-refractivity contribution in [1.29, 1.82) is 0 Å². The van der Waals surface area contributed by atoms with Gasteiger partial charge in [0, 0.05) is 11.0 Å². The number of rotatable bonds is 7. The lowest BCUT2D eigenvalue weighted by atomic mass is 10.2. The summed E-state index contributed by atoms with van der Waals surface area (Å²) in [5, 5.41) is 6.52. The molecule has 0 saturated heterocycles. The Bertz CT molecular complexity index is 318. The first-order valence-electron chi connectivity index (χ1n) is 5.50. The highest BCUT2D eigenvalue weighted by Crippen LogP contribution is 2.27. The molecule has 3 nitrogen and oxygen atoms in total. The molecule has 1 rings (SSSR count). The van der Waals surface area contributed by atoms with E-state index in [2.05, 4.69) is 26.6 Å². The van der Waals surface area contributed by atoms with Crippen molar-refractivity contribution in [2.24, 2.45) is 0 Å². The largest absolute Gasteiger partial charge is 0.495 e. The molecule has 0 aromatic heterocycles. The third kappa shape index (κ3) is 4.41. The van der Waals surface area contributed by atoms with Crippen LogP contribution in [0, 0.1) is 0 Å². The zero-order valence-electron chi connectivity index (χ0n) is 9.85. The minimum Gasteiger partial charge on any atom is -0.495 e. The van der Waals surface area contributed by atoms with Crippen LogP contribution >= 0.6 is 15.9 Å². The standard InChI is InChI=1S/C12H19BrN2O/c1-14-7-3-4-8-15-11-9-10(13)5-6-12(11)16-2/h5-6,9,14-15H,3-4,7-8H2,1-2H3. The van der Waals surface area contributed by atoms with Crippen LogP contribution in [0.4, 0.5) is 5.69 Å². The lowest BCUT2D eigenvalue weighted by Crippen LogP contribution is -2.10. The molecule has 0 saturated carbocycles. The second-order valence-electron chi connectivity index (χ2n) is 3.58. The maximum atomic E-state index is 5.28. The number of nitrogens with one attached hydrogen (secondary N) is 2. The minimum atomic E-state index is 0.886. The van der Waals surface area contributed by atoms with Gasteiger partial charge in [0.05, 0.1) is 12.8 Å². The zero-order chi connectivity index (χ0) is 11.8. The Kier molecular flexibility index (Phi) is 6.26. The number of hydrogen-bond donors (Lipinski definition) is 2. The summed E-state index contributed by atoms with van der Waals surface area (Å²) >= 11 is 3.45. The maximum absolute atomic E-state index is 5.28. The highest BCUT2D eigenvalue weighted by Gasteiger charge is 2.02. The summed E-state index contributed by atoms with van der Waals surface area (Å²) in [6.45, 7) is 2.03. The second kappa shape index (κ2) is 7.52. The third-order valence-electron chi connectivity index (χ3n) is 2.33. The summed E-state index contributed by atoms with van der Waals surface area (Å²) in [7, 11) is 3.67. The molecule has 4 heteroatoms. The van der Waals surface area contributed by atoms with Crippen molar-refractivity contribution < 1.29 is 4.74 Å². The normalized spacial score (nSPS) is 10.2. The van der Waals surface area contributed by atoms with Crippen LogP contribution in [-0.2, 0) is 0 Å². The van der Waals surface area contributed by atoms with Gasteiger partial charge in [0.2, 0.25) is 0 Å². The first-order valence-corrected chi connectivity index (χ1v) is 6.29. The van der Waals surface area contributed by atoms with Gasteiger partial charge >= 0.3 is 0 Å². The van der Waals surface area contributed by atoms with E-state index in [1.54, 1.807) is 7.11 Å². The Balaban J connectivity index is 2.42. The van der Waals surface area contributed by atoms with Gasteiger partial charge in [0.15, 0.2) is 0 Å². The van der Waals surface area contributed by atoms with Gasteiger partial charge in [-0.05, 0) is 44.6 Å². The van der Waals surface area contributed by atoms with Crippen LogP contribution in [0.5, 0.6) is 5.75 Å². The fraction of sp³-hybridized carbons (Fsp3) is 0.500. The van der Waals surface area contributed by atoms with E-state index in [1.807, 2.05) is 25.2 Å². The molecule has 0 heterocycles. The molecule has 0 atom stereocenters. The molecular formula is C12H19BrN2O. The molecule has 0 radical (unpaired) electrons. The number of ether oxygens (including phenoxy) is 1. The van der Waals surface area contributed by atoms with Gasteiger partial charge < -0.3 is 15.4 Å². The monoisotopic (exact) mass is 286 g/mol. The van der Waals surface area contributed by atoms with Crippen molar-refractivity contribution in [3.63, 3.8) is 0 Å². The third-order valence-corrected chi connectivity index (χ3v) is 2.82. The predicted molar refractivity (Wildman–Crippen MR) is 72.3 cm³/mol. The van der Waals surface area contributed by atoms with Crippen molar-refractivity contribution in [2.75, 3.05) is 32.6 Å². The minimum absolute atomic E-state index is 0.886. The van der Waals surface area contributed by atoms with Crippen molar-refractivity contribution in [3.8, 4) is 5.75 Å². The van der Waals surface area contributed by atoms with E-state index in [0.29, 0.717) is 0 Å². The van der Waals surface area contributed by atoms with E-state index in [0.717, 1.165) is 35.4 Å². The van der Waals surface area contributed by atoms with Crippen LogP contribution in [0.15, 0.2) is 22.7 Å². The molecule has 0 unspecified atom stereocenters. The predicted octanol–water partition coefficient (Wildman–Crippen LogP) is 2.87. The van der Waals surface area contributed by atoms with Crippen LogP contribution in [0.1, 0.15) is 12.8 Å². The Labute approximate surface area is 106 Å². The van der Waals surface area contributed by atoms with Crippen molar-refractivity contribution in [1.82, 2.24) is 5.32 Å². The van der Waals surface area contributed by atoms with Crippen LogP contribution in [0.3, 0.4) is 0 Å². The first kappa shape index (κ1) is 13.3. The number of halogens is 1. The van der Waals surface area contributed by atoms with E-state index >= 15 is 0 Å². The molecule has 0 aliphatic rings. The number of hydrogen-bond acceptors (Lipinski definition) is 3. The van der Waals surface area contributed by atoms with E-state index in [1.165, 1.54) is 6.42 Å². The van der Waals surface area contributed by atoms with Crippen molar-refractivity contribution in [3.05, 3.63) is 22.7 Å². The number of methoxy groups -OCH3 is 1. The lowest BCUT2D eigenvalue weighted by molar-refractivity contribution is 0.416.